The topological polar surface area (TPSA) is 56.1 Å². The Morgan fingerprint density at radius 2 is 1.77 bits per heavy atom. The van der Waals surface area contributed by atoms with Gasteiger partial charge in [-0.05, 0) is 35.9 Å². The first kappa shape index (κ1) is 20.0. The van der Waals surface area contributed by atoms with E-state index in [-0.39, 0.29) is 5.91 Å². The summed E-state index contributed by atoms with van der Waals surface area (Å²) in [6, 6.07) is 23.0. The summed E-state index contributed by atoms with van der Waals surface area (Å²) >= 11 is 6.38. The Hall–Kier alpha value is -3.31. The zero-order chi connectivity index (χ0) is 20.9. The molecule has 1 heterocycles. The van der Waals surface area contributed by atoms with Crippen LogP contribution in [0, 0.1) is 0 Å². The third-order valence-corrected chi connectivity index (χ3v) is 5.37. The number of imidazole rings is 1. The van der Waals surface area contributed by atoms with E-state index in [1.54, 1.807) is 19.2 Å². The highest BCUT2D eigenvalue weighted by Crippen LogP contribution is 2.22. The molecule has 0 atom stereocenters. The first-order chi connectivity index (χ1) is 14.7. The zero-order valence-corrected chi connectivity index (χ0v) is 17.4. The summed E-state index contributed by atoms with van der Waals surface area (Å²) in [5.41, 5.74) is 3.52. The first-order valence-corrected chi connectivity index (χ1v) is 10.1. The van der Waals surface area contributed by atoms with Crippen LogP contribution in [-0.2, 0) is 13.0 Å². The van der Waals surface area contributed by atoms with Crippen molar-refractivity contribution in [2.24, 2.45) is 0 Å². The fraction of sp³-hybridized carbons (Fsp3) is 0.167. The maximum absolute atomic E-state index is 12.6. The fourth-order valence-electron chi connectivity index (χ4n) is 3.50. The SMILES string of the molecule is COc1ccccc1C(=O)NCCc1nc2ccccc2n1Cc1ccccc1Cl. The molecule has 0 radical (unpaired) electrons. The molecule has 152 valence electrons. The summed E-state index contributed by atoms with van der Waals surface area (Å²) in [4.78, 5) is 17.4. The van der Waals surface area contributed by atoms with Gasteiger partial charge in [-0.1, -0.05) is 54.1 Å². The number of nitrogens with zero attached hydrogens (tertiary/aromatic N) is 2. The van der Waals surface area contributed by atoms with E-state index < -0.39 is 0 Å². The third kappa shape index (κ3) is 4.16. The van der Waals surface area contributed by atoms with Gasteiger partial charge in [-0.15, -0.1) is 0 Å². The van der Waals surface area contributed by atoms with E-state index in [4.69, 9.17) is 21.3 Å². The Kier molecular flexibility index (Phi) is 6.00. The van der Waals surface area contributed by atoms with E-state index in [9.17, 15) is 4.79 Å². The number of carbonyl (C=O) groups is 1. The van der Waals surface area contributed by atoms with E-state index in [2.05, 4.69) is 16.0 Å². The van der Waals surface area contributed by atoms with Crippen molar-refractivity contribution in [3.8, 4) is 5.75 Å². The number of benzene rings is 3. The number of carbonyl (C=O) groups excluding carboxylic acids is 1. The second kappa shape index (κ2) is 9.01. The quantitative estimate of drug-likeness (QED) is 0.471. The van der Waals surface area contributed by atoms with Gasteiger partial charge in [0.05, 0.1) is 30.3 Å². The zero-order valence-electron chi connectivity index (χ0n) is 16.6. The van der Waals surface area contributed by atoms with Gasteiger partial charge in [0, 0.05) is 18.0 Å². The molecule has 0 aliphatic rings. The van der Waals surface area contributed by atoms with Crippen LogP contribution < -0.4 is 10.1 Å². The number of hydrogen-bond donors (Lipinski definition) is 1. The van der Waals surface area contributed by atoms with Crippen LogP contribution in [0.3, 0.4) is 0 Å². The molecule has 0 fully saturated rings. The molecule has 0 saturated heterocycles. The standard InChI is InChI=1S/C24H22ClN3O2/c1-30-22-13-7-3-9-18(22)24(29)26-15-14-23-27-20-11-5-6-12-21(20)28(23)16-17-8-2-4-10-19(17)25/h2-13H,14-16H2,1H3,(H,26,29). The second-order valence-electron chi connectivity index (χ2n) is 6.90. The number of fused-ring (bicyclic) bond motifs is 1. The van der Waals surface area contributed by atoms with Crippen molar-refractivity contribution < 1.29 is 9.53 Å². The third-order valence-electron chi connectivity index (χ3n) is 5.01. The maximum atomic E-state index is 12.6. The van der Waals surface area contributed by atoms with Gasteiger partial charge in [-0.2, -0.15) is 0 Å². The number of nitrogens with one attached hydrogen (secondary N) is 1. The highest BCUT2D eigenvalue weighted by atomic mass is 35.5. The summed E-state index contributed by atoms with van der Waals surface area (Å²) in [7, 11) is 1.56. The van der Waals surface area contributed by atoms with Gasteiger partial charge in [0.15, 0.2) is 0 Å². The summed E-state index contributed by atoms with van der Waals surface area (Å²) < 4.78 is 7.44. The minimum absolute atomic E-state index is 0.166. The van der Waals surface area contributed by atoms with Gasteiger partial charge in [0.2, 0.25) is 0 Å². The van der Waals surface area contributed by atoms with Crippen LogP contribution in [0.4, 0.5) is 0 Å². The minimum atomic E-state index is -0.166. The van der Waals surface area contributed by atoms with E-state index in [0.717, 1.165) is 27.4 Å². The van der Waals surface area contributed by atoms with Gasteiger partial charge in [-0.25, -0.2) is 4.98 Å². The molecule has 0 bridgehead atoms. The van der Waals surface area contributed by atoms with Crippen LogP contribution in [0.1, 0.15) is 21.7 Å². The van der Waals surface area contributed by atoms with E-state index in [1.807, 2.05) is 54.6 Å². The molecule has 4 aromatic rings. The van der Waals surface area contributed by atoms with Gasteiger partial charge < -0.3 is 14.6 Å². The molecule has 0 unspecified atom stereocenters. The number of halogens is 1. The molecule has 5 nitrogen and oxygen atoms in total. The normalized spacial score (nSPS) is 10.9. The highest BCUT2D eigenvalue weighted by Gasteiger charge is 2.14. The molecule has 1 aromatic heterocycles. The minimum Gasteiger partial charge on any atom is -0.496 e. The molecule has 3 aromatic carbocycles. The van der Waals surface area contributed by atoms with Gasteiger partial charge in [0.1, 0.15) is 11.6 Å². The van der Waals surface area contributed by atoms with Crippen LogP contribution >= 0.6 is 11.6 Å². The Balaban J connectivity index is 1.54. The van der Waals surface area contributed by atoms with E-state index >= 15 is 0 Å². The first-order valence-electron chi connectivity index (χ1n) is 9.76. The smallest absolute Gasteiger partial charge is 0.255 e. The van der Waals surface area contributed by atoms with Gasteiger partial charge >= 0.3 is 0 Å². The maximum Gasteiger partial charge on any atom is 0.255 e. The van der Waals surface area contributed by atoms with Gasteiger partial charge in [-0.3, -0.25) is 4.79 Å². The molecule has 1 N–H and O–H groups in total. The number of ether oxygens (including phenoxy) is 1. The molecule has 0 aliphatic carbocycles. The molecule has 0 aliphatic heterocycles. The Labute approximate surface area is 180 Å². The van der Waals surface area contributed by atoms with Gasteiger partial charge in [0.25, 0.3) is 5.91 Å². The van der Waals surface area contributed by atoms with Crippen molar-refractivity contribution in [3.63, 3.8) is 0 Å². The Morgan fingerprint density at radius 3 is 2.60 bits per heavy atom. The number of amides is 1. The lowest BCUT2D eigenvalue weighted by atomic mass is 10.2. The molecular weight excluding hydrogens is 398 g/mol. The average Bonchev–Trinajstić information content (AvgIpc) is 3.12. The van der Waals surface area contributed by atoms with Crippen molar-refractivity contribution in [1.82, 2.24) is 14.9 Å². The number of rotatable bonds is 7. The number of para-hydroxylation sites is 3. The molecule has 4 rings (SSSR count). The average molecular weight is 420 g/mol. The van der Waals surface area contributed by atoms with Crippen molar-refractivity contribution in [3.05, 3.63) is 94.8 Å². The van der Waals surface area contributed by atoms with Crippen molar-refractivity contribution in [2.45, 2.75) is 13.0 Å². The second-order valence-corrected chi connectivity index (χ2v) is 7.31. The lowest BCUT2D eigenvalue weighted by molar-refractivity contribution is 0.0951. The monoisotopic (exact) mass is 419 g/mol. The van der Waals surface area contributed by atoms with Crippen molar-refractivity contribution in [2.75, 3.05) is 13.7 Å². The Morgan fingerprint density at radius 1 is 1.03 bits per heavy atom. The summed E-state index contributed by atoms with van der Waals surface area (Å²) in [5.74, 6) is 1.29. The predicted molar refractivity (Wildman–Crippen MR) is 119 cm³/mol. The number of aromatic nitrogens is 2. The van der Waals surface area contributed by atoms with Crippen LogP contribution in [0.25, 0.3) is 11.0 Å². The summed E-state index contributed by atoms with van der Waals surface area (Å²) in [5, 5.41) is 3.70. The summed E-state index contributed by atoms with van der Waals surface area (Å²) in [6.45, 7) is 1.08. The van der Waals surface area contributed by atoms with Crippen LogP contribution in [0.2, 0.25) is 5.02 Å². The lowest BCUT2D eigenvalue weighted by Gasteiger charge is -2.12. The Bertz CT molecular complexity index is 1190. The largest absolute Gasteiger partial charge is 0.496 e. The summed E-state index contributed by atoms with van der Waals surface area (Å²) in [6.07, 6.45) is 0.597. The molecule has 30 heavy (non-hydrogen) atoms. The van der Waals surface area contributed by atoms with Crippen molar-refractivity contribution in [1.29, 1.82) is 0 Å². The van der Waals surface area contributed by atoms with Crippen LogP contribution in [0.15, 0.2) is 72.8 Å². The van der Waals surface area contributed by atoms with Crippen molar-refractivity contribution >= 4 is 28.5 Å². The fourth-order valence-corrected chi connectivity index (χ4v) is 3.70. The molecule has 6 heteroatoms. The van der Waals surface area contributed by atoms with E-state index in [1.165, 1.54) is 0 Å². The lowest BCUT2D eigenvalue weighted by Crippen LogP contribution is -2.27. The molecule has 0 spiro atoms. The van der Waals surface area contributed by atoms with E-state index in [0.29, 0.717) is 30.8 Å². The molecule has 0 saturated carbocycles. The number of hydrogen-bond acceptors (Lipinski definition) is 3. The number of methoxy groups -OCH3 is 1. The highest BCUT2D eigenvalue weighted by molar-refractivity contribution is 6.31. The molecule has 1 amide bonds. The van der Waals surface area contributed by atoms with Crippen LogP contribution in [-0.4, -0.2) is 29.1 Å². The predicted octanol–water partition coefficient (Wildman–Crippen LogP) is 4.72. The molecular formula is C24H22ClN3O2. The van der Waals surface area contributed by atoms with Crippen LogP contribution in [0.5, 0.6) is 5.75 Å².